The summed E-state index contributed by atoms with van der Waals surface area (Å²) in [6, 6.07) is 11.1. The Morgan fingerprint density at radius 2 is 1.81 bits per heavy atom. The van der Waals surface area contributed by atoms with Gasteiger partial charge in [0.05, 0.1) is 29.2 Å². The van der Waals surface area contributed by atoms with Crippen molar-refractivity contribution in [2.45, 2.75) is 18.4 Å². The van der Waals surface area contributed by atoms with Crippen molar-refractivity contribution in [3.05, 3.63) is 65.7 Å². The Kier molecular flexibility index (Phi) is 5.49. The van der Waals surface area contributed by atoms with E-state index in [1.165, 1.54) is 24.7 Å². The molecule has 3 aromatic rings. The van der Waals surface area contributed by atoms with Gasteiger partial charge >= 0.3 is 0 Å². The molecule has 2 heterocycles. The summed E-state index contributed by atoms with van der Waals surface area (Å²) in [6.45, 7) is 1.89. The molecule has 0 radical (unpaired) electrons. The molecule has 0 fully saturated rings. The summed E-state index contributed by atoms with van der Waals surface area (Å²) in [4.78, 5) is 12.4. The van der Waals surface area contributed by atoms with Crippen LogP contribution in [0, 0.1) is 0 Å². The SMILES string of the molecule is CCS(=O)(=O)c1cc(OCc2ccccc2)cnc1-c1cnc(Cl)cn1. The van der Waals surface area contributed by atoms with E-state index in [2.05, 4.69) is 15.0 Å². The normalized spacial score (nSPS) is 11.3. The Bertz CT molecular complexity index is 994. The number of hydrogen-bond acceptors (Lipinski definition) is 6. The van der Waals surface area contributed by atoms with Gasteiger partial charge in [-0.3, -0.25) is 0 Å². The second-order valence-electron chi connectivity index (χ2n) is 5.42. The minimum Gasteiger partial charge on any atom is -0.487 e. The largest absolute Gasteiger partial charge is 0.487 e. The highest BCUT2D eigenvalue weighted by Crippen LogP contribution is 2.28. The van der Waals surface area contributed by atoms with Crippen molar-refractivity contribution in [3.63, 3.8) is 0 Å². The first-order valence-corrected chi connectivity index (χ1v) is 9.90. The molecular formula is C18H16ClN3O3S. The van der Waals surface area contributed by atoms with Crippen LogP contribution in [-0.2, 0) is 16.4 Å². The Balaban J connectivity index is 1.97. The van der Waals surface area contributed by atoms with Gasteiger partial charge in [-0.15, -0.1) is 0 Å². The third-order valence-electron chi connectivity index (χ3n) is 3.65. The van der Waals surface area contributed by atoms with Crippen LogP contribution in [0.1, 0.15) is 12.5 Å². The number of nitrogens with zero attached hydrogens (tertiary/aromatic N) is 3. The average Bonchev–Trinajstić information content (AvgIpc) is 2.68. The van der Waals surface area contributed by atoms with Crippen LogP contribution in [0.5, 0.6) is 5.75 Å². The second-order valence-corrected chi connectivity index (χ2v) is 8.05. The Hall–Kier alpha value is -2.51. The summed E-state index contributed by atoms with van der Waals surface area (Å²) in [5.74, 6) is 0.303. The van der Waals surface area contributed by atoms with E-state index < -0.39 is 9.84 Å². The summed E-state index contributed by atoms with van der Waals surface area (Å²) >= 11 is 5.75. The maximum Gasteiger partial charge on any atom is 0.180 e. The van der Waals surface area contributed by atoms with Crippen molar-refractivity contribution in [3.8, 4) is 17.1 Å². The number of ether oxygens (including phenoxy) is 1. The molecule has 134 valence electrons. The van der Waals surface area contributed by atoms with Gasteiger partial charge in [0.1, 0.15) is 28.9 Å². The molecule has 0 saturated carbocycles. The molecule has 1 aromatic carbocycles. The molecule has 0 amide bonds. The van der Waals surface area contributed by atoms with Gasteiger partial charge in [-0.05, 0) is 5.56 Å². The monoisotopic (exact) mass is 389 g/mol. The van der Waals surface area contributed by atoms with E-state index in [0.29, 0.717) is 18.1 Å². The Labute approximate surface area is 156 Å². The first kappa shape index (κ1) is 18.3. The molecular weight excluding hydrogens is 374 g/mol. The van der Waals surface area contributed by atoms with Crippen LogP contribution in [0.2, 0.25) is 5.15 Å². The van der Waals surface area contributed by atoms with Crippen molar-refractivity contribution >= 4 is 21.4 Å². The van der Waals surface area contributed by atoms with Crippen molar-refractivity contribution in [2.75, 3.05) is 5.75 Å². The first-order chi connectivity index (χ1) is 12.5. The Morgan fingerprint density at radius 1 is 1.04 bits per heavy atom. The van der Waals surface area contributed by atoms with Crippen molar-refractivity contribution in [2.24, 2.45) is 0 Å². The van der Waals surface area contributed by atoms with Gasteiger partial charge in [0.15, 0.2) is 9.84 Å². The smallest absolute Gasteiger partial charge is 0.180 e. The fourth-order valence-corrected chi connectivity index (χ4v) is 3.42. The number of aromatic nitrogens is 3. The van der Waals surface area contributed by atoms with Crippen LogP contribution in [0.15, 0.2) is 59.9 Å². The molecule has 0 saturated heterocycles. The second kappa shape index (κ2) is 7.80. The lowest BCUT2D eigenvalue weighted by Gasteiger charge is -2.11. The van der Waals surface area contributed by atoms with Crippen molar-refractivity contribution in [1.82, 2.24) is 15.0 Å². The van der Waals surface area contributed by atoms with Gasteiger partial charge in [-0.25, -0.2) is 23.4 Å². The van der Waals surface area contributed by atoms with E-state index in [1.807, 2.05) is 30.3 Å². The van der Waals surface area contributed by atoms with Crippen molar-refractivity contribution < 1.29 is 13.2 Å². The van der Waals surface area contributed by atoms with Crippen LogP contribution in [0.3, 0.4) is 0 Å². The van der Waals surface area contributed by atoms with Gasteiger partial charge in [-0.1, -0.05) is 48.9 Å². The molecule has 6 nitrogen and oxygen atoms in total. The Morgan fingerprint density at radius 3 is 2.46 bits per heavy atom. The molecule has 0 aliphatic rings. The standard InChI is InChI=1S/C18H16ClN3O3S/c1-2-26(23,24)16-8-14(25-12-13-6-4-3-5-7-13)9-22-18(16)15-10-21-17(19)11-20-15/h3-11H,2,12H2,1H3. The average molecular weight is 390 g/mol. The van der Waals surface area contributed by atoms with Gasteiger partial charge in [0.25, 0.3) is 0 Å². The first-order valence-electron chi connectivity index (χ1n) is 7.87. The highest BCUT2D eigenvalue weighted by molar-refractivity contribution is 7.91. The number of sulfone groups is 1. The molecule has 3 rings (SSSR count). The molecule has 0 atom stereocenters. The minimum atomic E-state index is -3.54. The fraction of sp³-hybridized carbons (Fsp3) is 0.167. The summed E-state index contributed by atoms with van der Waals surface area (Å²) < 4.78 is 30.7. The van der Waals surface area contributed by atoms with E-state index >= 15 is 0 Å². The van der Waals surface area contributed by atoms with Crippen LogP contribution < -0.4 is 4.74 Å². The van der Waals surface area contributed by atoms with Gasteiger partial charge in [0.2, 0.25) is 0 Å². The maximum absolute atomic E-state index is 12.5. The molecule has 0 spiro atoms. The number of rotatable bonds is 6. The van der Waals surface area contributed by atoms with E-state index in [0.717, 1.165) is 5.56 Å². The fourth-order valence-electron chi connectivity index (χ4n) is 2.27. The topological polar surface area (TPSA) is 82.0 Å². The van der Waals surface area contributed by atoms with Crippen LogP contribution in [0.25, 0.3) is 11.4 Å². The van der Waals surface area contributed by atoms with Crippen molar-refractivity contribution in [1.29, 1.82) is 0 Å². The quantitative estimate of drug-likeness (QED) is 0.641. The predicted molar refractivity (Wildman–Crippen MR) is 98.8 cm³/mol. The third kappa shape index (κ3) is 4.17. The zero-order chi connectivity index (χ0) is 18.6. The number of pyridine rings is 1. The van der Waals surface area contributed by atoms with Crippen LogP contribution >= 0.6 is 11.6 Å². The molecule has 26 heavy (non-hydrogen) atoms. The zero-order valence-electron chi connectivity index (χ0n) is 14.0. The van der Waals surface area contributed by atoms with E-state index in [-0.39, 0.29) is 21.5 Å². The molecule has 0 aliphatic carbocycles. The minimum absolute atomic E-state index is 0.0576. The van der Waals surface area contributed by atoms with Gasteiger partial charge < -0.3 is 4.74 Å². The highest BCUT2D eigenvalue weighted by atomic mass is 35.5. The highest BCUT2D eigenvalue weighted by Gasteiger charge is 2.21. The zero-order valence-corrected chi connectivity index (χ0v) is 15.5. The molecule has 0 aliphatic heterocycles. The molecule has 2 aromatic heterocycles. The lowest BCUT2D eigenvalue weighted by Crippen LogP contribution is -2.08. The maximum atomic E-state index is 12.5. The van der Waals surface area contributed by atoms with E-state index in [9.17, 15) is 8.42 Å². The lowest BCUT2D eigenvalue weighted by atomic mass is 10.2. The predicted octanol–water partition coefficient (Wildman–Crippen LogP) is 3.56. The van der Waals surface area contributed by atoms with Crippen LogP contribution in [-0.4, -0.2) is 29.1 Å². The van der Waals surface area contributed by atoms with E-state index in [1.54, 1.807) is 6.92 Å². The molecule has 0 unspecified atom stereocenters. The van der Waals surface area contributed by atoms with Gasteiger partial charge in [-0.2, -0.15) is 0 Å². The molecule has 0 N–H and O–H groups in total. The van der Waals surface area contributed by atoms with Crippen LogP contribution in [0.4, 0.5) is 0 Å². The summed E-state index contributed by atoms with van der Waals surface area (Å²) in [6.07, 6.45) is 4.22. The summed E-state index contributed by atoms with van der Waals surface area (Å²) in [5.41, 5.74) is 1.53. The summed E-state index contributed by atoms with van der Waals surface area (Å²) in [7, 11) is -3.54. The summed E-state index contributed by atoms with van der Waals surface area (Å²) in [5, 5.41) is 0.219. The molecule has 0 bridgehead atoms. The lowest BCUT2D eigenvalue weighted by molar-refractivity contribution is 0.304. The molecule has 8 heteroatoms. The number of benzene rings is 1. The number of hydrogen-bond donors (Lipinski definition) is 0. The van der Waals surface area contributed by atoms with E-state index in [4.69, 9.17) is 16.3 Å². The third-order valence-corrected chi connectivity index (χ3v) is 5.59. The van der Waals surface area contributed by atoms with Gasteiger partial charge in [0, 0.05) is 6.07 Å². The number of halogens is 1.